The molecule has 6 heteroatoms. The average Bonchev–Trinajstić information content (AvgIpc) is 3.28. The molecule has 4 rings (SSSR count). The van der Waals surface area contributed by atoms with Crippen LogP contribution in [0, 0.1) is 6.92 Å². The third kappa shape index (κ3) is 3.41. The fourth-order valence-corrected chi connectivity index (χ4v) is 4.52. The number of carbonyl (C=O) groups excluding carboxylic acids is 1. The summed E-state index contributed by atoms with van der Waals surface area (Å²) < 4.78 is 7.53. The predicted octanol–water partition coefficient (Wildman–Crippen LogP) is 3.78. The minimum atomic E-state index is -0.0322. The second-order valence-electron chi connectivity index (χ2n) is 7.89. The Morgan fingerprint density at radius 3 is 2.65 bits per heavy atom. The lowest BCUT2D eigenvalue weighted by Crippen LogP contribution is -2.39. The molecule has 0 bridgehead atoms. The fourth-order valence-electron chi connectivity index (χ4n) is 4.52. The van der Waals surface area contributed by atoms with Gasteiger partial charge in [0.1, 0.15) is 5.82 Å². The van der Waals surface area contributed by atoms with Crippen LogP contribution >= 0.6 is 0 Å². The van der Waals surface area contributed by atoms with E-state index in [4.69, 9.17) is 4.52 Å². The van der Waals surface area contributed by atoms with Crippen molar-refractivity contribution < 1.29 is 9.32 Å². The van der Waals surface area contributed by atoms with Crippen molar-refractivity contribution in [2.24, 2.45) is 7.05 Å². The first kappa shape index (κ1) is 17.3. The first-order chi connectivity index (χ1) is 12.6. The number of carbonyl (C=O) groups is 1. The molecule has 2 aromatic rings. The van der Waals surface area contributed by atoms with Crippen molar-refractivity contribution in [3.8, 4) is 0 Å². The van der Waals surface area contributed by atoms with Gasteiger partial charge in [-0.1, -0.05) is 24.4 Å². The minimum Gasteiger partial charge on any atom is -0.351 e. The fraction of sp³-hybridized carbons (Fsp3) is 0.650. The van der Waals surface area contributed by atoms with Gasteiger partial charge in [-0.05, 0) is 32.6 Å². The lowest BCUT2D eigenvalue weighted by molar-refractivity contribution is 0.0661. The number of amides is 1. The highest BCUT2D eigenvalue weighted by Gasteiger charge is 2.30. The Labute approximate surface area is 154 Å². The number of aromatic nitrogens is 3. The molecule has 0 N–H and O–H groups in total. The summed E-state index contributed by atoms with van der Waals surface area (Å²) in [5, 5.41) is 4.21. The van der Waals surface area contributed by atoms with E-state index in [1.54, 1.807) is 0 Å². The molecule has 0 aromatic carbocycles. The Balaban J connectivity index is 1.46. The Bertz CT molecular complexity index is 773. The first-order valence-electron chi connectivity index (χ1n) is 9.87. The molecule has 1 aliphatic carbocycles. The number of piperidine rings is 1. The summed E-state index contributed by atoms with van der Waals surface area (Å²) in [5.74, 6) is 2.17. The van der Waals surface area contributed by atoms with Gasteiger partial charge in [0.15, 0.2) is 0 Å². The van der Waals surface area contributed by atoms with Crippen molar-refractivity contribution in [1.82, 2.24) is 19.6 Å². The van der Waals surface area contributed by atoms with E-state index >= 15 is 0 Å². The molecule has 140 valence electrons. The maximum Gasteiger partial charge on any atom is 0.292 e. The number of imidazole rings is 1. The maximum absolute atomic E-state index is 12.9. The van der Waals surface area contributed by atoms with Crippen LogP contribution in [-0.4, -0.2) is 38.6 Å². The van der Waals surface area contributed by atoms with Crippen LogP contribution in [0.25, 0.3) is 0 Å². The normalized spacial score (nSPS) is 21.9. The van der Waals surface area contributed by atoms with Gasteiger partial charge < -0.3 is 14.0 Å². The number of likely N-dealkylation sites (tertiary alicyclic amines) is 1. The molecule has 6 nitrogen and oxygen atoms in total. The van der Waals surface area contributed by atoms with Crippen molar-refractivity contribution in [1.29, 1.82) is 0 Å². The second-order valence-corrected chi connectivity index (χ2v) is 7.89. The minimum absolute atomic E-state index is 0.0322. The zero-order valence-corrected chi connectivity index (χ0v) is 15.8. The van der Waals surface area contributed by atoms with E-state index in [0.29, 0.717) is 18.2 Å². The molecule has 1 amide bonds. The maximum atomic E-state index is 12.9. The van der Waals surface area contributed by atoms with Gasteiger partial charge in [-0.25, -0.2) is 4.98 Å². The third-order valence-corrected chi connectivity index (χ3v) is 5.87. The van der Waals surface area contributed by atoms with Crippen LogP contribution in [-0.2, 0) is 7.05 Å². The van der Waals surface area contributed by atoms with E-state index in [1.165, 1.54) is 19.3 Å². The topological polar surface area (TPSA) is 64.2 Å². The third-order valence-electron chi connectivity index (χ3n) is 5.87. The van der Waals surface area contributed by atoms with Crippen LogP contribution in [0.4, 0.5) is 0 Å². The zero-order valence-electron chi connectivity index (χ0n) is 15.8. The summed E-state index contributed by atoms with van der Waals surface area (Å²) in [6.07, 6.45) is 10.2. The largest absolute Gasteiger partial charge is 0.351 e. The standard InChI is InChI=1S/C20H28N4O2/c1-14-12-23(2)19(21-14)16-9-6-10-24(13-16)20(25)18-11-17(22-26-18)15-7-4-3-5-8-15/h11-12,15-16H,3-10,13H2,1-2H3/t16-/m1/s1. The van der Waals surface area contributed by atoms with Crippen molar-refractivity contribution in [2.45, 2.75) is 63.7 Å². The number of hydrogen-bond acceptors (Lipinski definition) is 4. The van der Waals surface area contributed by atoms with E-state index in [9.17, 15) is 4.79 Å². The summed E-state index contributed by atoms with van der Waals surface area (Å²) in [6.45, 7) is 3.48. The highest BCUT2D eigenvalue weighted by atomic mass is 16.5. The van der Waals surface area contributed by atoms with Crippen molar-refractivity contribution >= 4 is 5.91 Å². The molecular formula is C20H28N4O2. The van der Waals surface area contributed by atoms with Gasteiger partial charge >= 0.3 is 0 Å². The summed E-state index contributed by atoms with van der Waals surface area (Å²) in [6, 6.07) is 1.88. The Morgan fingerprint density at radius 1 is 1.15 bits per heavy atom. The Kier molecular flexibility index (Phi) is 4.83. The van der Waals surface area contributed by atoms with E-state index in [1.807, 2.05) is 31.1 Å². The molecule has 3 heterocycles. The monoisotopic (exact) mass is 356 g/mol. The SMILES string of the molecule is Cc1cn(C)c([C@@H]2CCCN(C(=O)c3cc(C4CCCCC4)no3)C2)n1. The average molecular weight is 356 g/mol. The van der Waals surface area contributed by atoms with Crippen LogP contribution in [0.2, 0.25) is 0 Å². The van der Waals surface area contributed by atoms with Gasteiger partial charge in [0, 0.05) is 44.2 Å². The highest BCUT2D eigenvalue weighted by Crippen LogP contribution is 2.33. The smallest absolute Gasteiger partial charge is 0.292 e. The van der Waals surface area contributed by atoms with E-state index in [-0.39, 0.29) is 11.8 Å². The lowest BCUT2D eigenvalue weighted by Gasteiger charge is -2.31. The van der Waals surface area contributed by atoms with Crippen LogP contribution in [0.1, 0.15) is 84.5 Å². The summed E-state index contributed by atoms with van der Waals surface area (Å²) in [7, 11) is 2.03. The van der Waals surface area contributed by atoms with Crippen molar-refractivity contribution in [2.75, 3.05) is 13.1 Å². The molecule has 1 aliphatic heterocycles. The summed E-state index contributed by atoms with van der Waals surface area (Å²) in [4.78, 5) is 19.5. The summed E-state index contributed by atoms with van der Waals surface area (Å²) >= 11 is 0. The molecule has 1 atom stereocenters. The predicted molar refractivity (Wildman–Crippen MR) is 98.2 cm³/mol. The first-order valence-corrected chi connectivity index (χ1v) is 9.87. The second kappa shape index (κ2) is 7.25. The van der Waals surface area contributed by atoms with E-state index < -0.39 is 0 Å². The number of rotatable bonds is 3. The van der Waals surface area contributed by atoms with Gasteiger partial charge in [0.25, 0.3) is 5.91 Å². The van der Waals surface area contributed by atoms with Crippen molar-refractivity contribution in [3.05, 3.63) is 35.2 Å². The quantitative estimate of drug-likeness (QED) is 0.839. The molecule has 0 spiro atoms. The molecule has 1 saturated carbocycles. The van der Waals surface area contributed by atoms with Crippen LogP contribution in [0.5, 0.6) is 0 Å². The lowest BCUT2D eigenvalue weighted by atomic mass is 9.87. The Morgan fingerprint density at radius 2 is 1.92 bits per heavy atom. The Hall–Kier alpha value is -2.11. The molecular weight excluding hydrogens is 328 g/mol. The molecule has 2 aromatic heterocycles. The van der Waals surface area contributed by atoms with Gasteiger partial charge in [0.05, 0.1) is 11.4 Å². The molecule has 26 heavy (non-hydrogen) atoms. The van der Waals surface area contributed by atoms with Gasteiger partial charge in [0.2, 0.25) is 5.76 Å². The van der Waals surface area contributed by atoms with Crippen LogP contribution in [0.3, 0.4) is 0 Å². The zero-order chi connectivity index (χ0) is 18.1. The molecule has 2 aliphatic rings. The van der Waals surface area contributed by atoms with E-state index in [0.717, 1.165) is 49.4 Å². The molecule has 1 saturated heterocycles. The molecule has 0 radical (unpaired) electrons. The number of aryl methyl sites for hydroxylation is 2. The van der Waals surface area contributed by atoms with Crippen LogP contribution < -0.4 is 0 Å². The van der Waals surface area contributed by atoms with Crippen molar-refractivity contribution in [3.63, 3.8) is 0 Å². The van der Waals surface area contributed by atoms with Gasteiger partial charge in [-0.15, -0.1) is 0 Å². The van der Waals surface area contributed by atoms with E-state index in [2.05, 4.69) is 14.7 Å². The molecule has 0 unspecified atom stereocenters. The summed E-state index contributed by atoms with van der Waals surface area (Å²) in [5.41, 5.74) is 1.99. The van der Waals surface area contributed by atoms with Gasteiger partial charge in [-0.3, -0.25) is 4.79 Å². The van der Waals surface area contributed by atoms with Crippen LogP contribution in [0.15, 0.2) is 16.8 Å². The molecule has 2 fully saturated rings. The highest BCUT2D eigenvalue weighted by molar-refractivity contribution is 5.91. The number of hydrogen-bond donors (Lipinski definition) is 0. The van der Waals surface area contributed by atoms with Gasteiger partial charge in [-0.2, -0.15) is 0 Å². The number of nitrogens with zero attached hydrogens (tertiary/aromatic N) is 4.